The Kier molecular flexibility index (Phi) is 8.67. The molecule has 0 radical (unpaired) electrons. The van der Waals surface area contributed by atoms with Crippen LogP contribution in [0.3, 0.4) is 0 Å². The van der Waals surface area contributed by atoms with Crippen LogP contribution in [0.15, 0.2) is 46.3 Å². The normalized spacial score (nSPS) is 16.3. The molecule has 2 heterocycles. The first kappa shape index (κ1) is 25.0. The average Bonchev–Trinajstić information content (AvgIpc) is 2.81. The first-order valence-corrected chi connectivity index (χ1v) is 13.7. The van der Waals surface area contributed by atoms with E-state index in [4.69, 9.17) is 0 Å². The number of rotatable bonds is 9. The Hall–Kier alpha value is -2.66. The molecule has 1 aromatic heterocycles. The van der Waals surface area contributed by atoms with Gasteiger partial charge in [0.25, 0.3) is 0 Å². The molecule has 33 heavy (non-hydrogen) atoms. The van der Waals surface area contributed by atoms with Crippen molar-refractivity contribution in [2.45, 2.75) is 36.1 Å². The van der Waals surface area contributed by atoms with Crippen molar-refractivity contribution in [3.05, 3.63) is 36.4 Å². The molecular weight excluding hydrogens is 462 g/mol. The van der Waals surface area contributed by atoms with Crippen LogP contribution >= 0.6 is 11.8 Å². The number of anilines is 2. The van der Waals surface area contributed by atoms with Gasteiger partial charge in [-0.1, -0.05) is 18.7 Å². The van der Waals surface area contributed by atoms with Crippen molar-refractivity contribution in [2.24, 2.45) is 5.92 Å². The predicted molar refractivity (Wildman–Crippen MR) is 129 cm³/mol. The van der Waals surface area contributed by atoms with Crippen LogP contribution in [0, 0.1) is 5.92 Å². The number of benzene rings is 1. The Morgan fingerprint density at radius 2 is 1.91 bits per heavy atom. The van der Waals surface area contributed by atoms with Crippen molar-refractivity contribution >= 4 is 44.9 Å². The smallest absolute Gasteiger partial charge is 0.234 e. The van der Waals surface area contributed by atoms with E-state index in [-0.39, 0.29) is 28.4 Å². The van der Waals surface area contributed by atoms with Crippen LogP contribution in [0.2, 0.25) is 0 Å². The van der Waals surface area contributed by atoms with Crippen molar-refractivity contribution in [3.63, 3.8) is 0 Å². The third kappa shape index (κ3) is 7.43. The molecule has 1 aliphatic rings. The van der Waals surface area contributed by atoms with Crippen LogP contribution in [-0.4, -0.2) is 62.1 Å². The number of carbonyl (C=O) groups is 2. The monoisotopic (exact) mass is 491 g/mol. The lowest BCUT2D eigenvalue weighted by molar-refractivity contribution is -0.125. The highest BCUT2D eigenvalue weighted by Crippen LogP contribution is 2.23. The van der Waals surface area contributed by atoms with E-state index >= 15 is 0 Å². The molecule has 0 spiro atoms. The third-order valence-electron chi connectivity index (χ3n) is 5.21. The van der Waals surface area contributed by atoms with Gasteiger partial charge in [-0.25, -0.2) is 8.42 Å². The van der Waals surface area contributed by atoms with Crippen molar-refractivity contribution in [1.29, 1.82) is 0 Å². The summed E-state index contributed by atoms with van der Waals surface area (Å²) in [5.74, 6) is 0.693. The summed E-state index contributed by atoms with van der Waals surface area (Å²) < 4.78 is 23.0. The summed E-state index contributed by atoms with van der Waals surface area (Å²) in [7, 11) is -3.27. The Bertz CT molecular complexity index is 1060. The van der Waals surface area contributed by atoms with E-state index in [0.29, 0.717) is 23.8 Å². The summed E-state index contributed by atoms with van der Waals surface area (Å²) >= 11 is 1.26. The zero-order valence-corrected chi connectivity index (χ0v) is 20.4. The number of nitrogens with zero attached hydrogens (tertiary/aromatic N) is 3. The van der Waals surface area contributed by atoms with E-state index in [1.54, 1.807) is 12.1 Å². The number of hydrogen-bond donors (Lipinski definition) is 2. The molecule has 1 saturated heterocycles. The number of thioether (sulfide) groups is 1. The standard InChI is InChI=1S/C22H29N5O4S2/c1-3-12-23-22(29)16-5-4-13-27(14-16)19-10-11-21(26-25-19)32-15-20(28)24-17-6-8-18(9-7-17)33(2,30)31/h6-11,16H,3-5,12-15H2,1-2H3,(H,23,29)(H,24,28). The number of sulfone groups is 1. The van der Waals surface area contributed by atoms with Crippen LogP contribution in [0.5, 0.6) is 0 Å². The number of aromatic nitrogens is 2. The second-order valence-corrected chi connectivity index (χ2v) is 11.0. The maximum atomic E-state index is 12.3. The number of piperidine rings is 1. The molecule has 1 atom stereocenters. The largest absolute Gasteiger partial charge is 0.356 e. The highest BCUT2D eigenvalue weighted by Gasteiger charge is 2.26. The van der Waals surface area contributed by atoms with Crippen LogP contribution < -0.4 is 15.5 Å². The van der Waals surface area contributed by atoms with Gasteiger partial charge < -0.3 is 15.5 Å². The Morgan fingerprint density at radius 1 is 1.15 bits per heavy atom. The van der Waals surface area contributed by atoms with Gasteiger partial charge in [0.2, 0.25) is 11.8 Å². The molecule has 1 aliphatic heterocycles. The maximum absolute atomic E-state index is 12.3. The highest BCUT2D eigenvalue weighted by molar-refractivity contribution is 7.99. The fourth-order valence-corrected chi connectivity index (χ4v) is 4.72. The fraction of sp³-hybridized carbons (Fsp3) is 0.455. The van der Waals surface area contributed by atoms with Gasteiger partial charge in [0.1, 0.15) is 5.03 Å². The van der Waals surface area contributed by atoms with E-state index in [9.17, 15) is 18.0 Å². The molecule has 0 bridgehead atoms. The molecule has 178 valence electrons. The van der Waals surface area contributed by atoms with Gasteiger partial charge in [0.05, 0.1) is 16.6 Å². The minimum atomic E-state index is -3.27. The maximum Gasteiger partial charge on any atom is 0.234 e. The van der Waals surface area contributed by atoms with E-state index in [0.717, 1.165) is 37.9 Å². The van der Waals surface area contributed by atoms with Crippen molar-refractivity contribution in [1.82, 2.24) is 15.5 Å². The molecule has 1 aromatic carbocycles. The van der Waals surface area contributed by atoms with E-state index < -0.39 is 9.84 Å². The third-order valence-corrected chi connectivity index (χ3v) is 7.26. The number of amides is 2. The van der Waals surface area contributed by atoms with Gasteiger partial charge in [-0.2, -0.15) is 0 Å². The summed E-state index contributed by atoms with van der Waals surface area (Å²) in [6.07, 6.45) is 3.85. The average molecular weight is 492 g/mol. The summed E-state index contributed by atoms with van der Waals surface area (Å²) in [5, 5.41) is 14.8. The van der Waals surface area contributed by atoms with Crippen molar-refractivity contribution in [3.8, 4) is 0 Å². The van der Waals surface area contributed by atoms with Gasteiger partial charge >= 0.3 is 0 Å². The van der Waals surface area contributed by atoms with Crippen LogP contribution in [0.1, 0.15) is 26.2 Å². The SMILES string of the molecule is CCCNC(=O)C1CCCN(c2ccc(SCC(=O)Nc3ccc(S(C)(=O)=O)cc3)nn2)C1. The minimum absolute atomic E-state index is 0.0450. The molecule has 1 fully saturated rings. The lowest BCUT2D eigenvalue weighted by Crippen LogP contribution is -2.43. The number of carbonyl (C=O) groups excluding carboxylic acids is 2. The first-order chi connectivity index (χ1) is 15.8. The van der Waals surface area contributed by atoms with Crippen molar-refractivity contribution < 1.29 is 18.0 Å². The van der Waals surface area contributed by atoms with Gasteiger partial charge in [-0.3, -0.25) is 9.59 Å². The lowest BCUT2D eigenvalue weighted by atomic mass is 9.97. The molecule has 9 nitrogen and oxygen atoms in total. The summed E-state index contributed by atoms with van der Waals surface area (Å²) in [6, 6.07) is 9.72. The molecule has 0 aliphatic carbocycles. The topological polar surface area (TPSA) is 121 Å². The second-order valence-electron chi connectivity index (χ2n) is 7.94. The number of nitrogens with one attached hydrogen (secondary N) is 2. The van der Waals surface area contributed by atoms with Gasteiger partial charge in [-0.05, 0) is 55.7 Å². The van der Waals surface area contributed by atoms with Crippen molar-refractivity contribution in [2.75, 3.05) is 41.9 Å². The lowest BCUT2D eigenvalue weighted by Gasteiger charge is -2.32. The Balaban J connectivity index is 1.49. The Morgan fingerprint density at radius 3 is 2.55 bits per heavy atom. The van der Waals surface area contributed by atoms with Crippen LogP contribution in [-0.2, 0) is 19.4 Å². The highest BCUT2D eigenvalue weighted by atomic mass is 32.2. The van der Waals surface area contributed by atoms with Crippen LogP contribution in [0.4, 0.5) is 11.5 Å². The Labute approximate surface area is 198 Å². The molecule has 0 saturated carbocycles. The molecule has 2 aromatic rings. The molecule has 3 rings (SSSR count). The van der Waals surface area contributed by atoms with E-state index in [1.165, 1.54) is 23.9 Å². The summed E-state index contributed by atoms with van der Waals surface area (Å²) in [4.78, 5) is 26.8. The van der Waals surface area contributed by atoms with E-state index in [1.807, 2.05) is 19.1 Å². The van der Waals surface area contributed by atoms with Gasteiger partial charge in [0.15, 0.2) is 15.7 Å². The quantitative estimate of drug-likeness (QED) is 0.513. The van der Waals surface area contributed by atoms with E-state index in [2.05, 4.69) is 25.7 Å². The minimum Gasteiger partial charge on any atom is -0.356 e. The summed E-state index contributed by atoms with van der Waals surface area (Å²) in [5.41, 5.74) is 0.525. The molecule has 1 unspecified atom stereocenters. The molecule has 11 heteroatoms. The molecule has 2 amide bonds. The first-order valence-electron chi connectivity index (χ1n) is 10.9. The van der Waals surface area contributed by atoms with Gasteiger partial charge in [0, 0.05) is 31.6 Å². The molecular formula is C22H29N5O4S2. The predicted octanol–water partition coefficient (Wildman–Crippen LogP) is 2.35. The zero-order valence-electron chi connectivity index (χ0n) is 18.8. The second kappa shape index (κ2) is 11.5. The molecule has 2 N–H and O–H groups in total. The number of hydrogen-bond acceptors (Lipinski definition) is 8. The fourth-order valence-electron chi connectivity index (χ4n) is 3.47. The van der Waals surface area contributed by atoms with Crippen LogP contribution in [0.25, 0.3) is 0 Å². The summed E-state index contributed by atoms with van der Waals surface area (Å²) in [6.45, 7) is 4.18. The van der Waals surface area contributed by atoms with Gasteiger partial charge in [-0.15, -0.1) is 10.2 Å². The zero-order chi connectivity index (χ0) is 23.8.